The van der Waals surface area contributed by atoms with E-state index in [4.69, 9.17) is 9.47 Å². The van der Waals surface area contributed by atoms with E-state index in [1.165, 1.54) is 17.0 Å². The molecule has 3 rings (SSSR count). The molecule has 2 aromatic rings. The molecule has 3 amide bonds. The first-order valence-electron chi connectivity index (χ1n) is 10.0. The van der Waals surface area contributed by atoms with Gasteiger partial charge in [-0.05, 0) is 58.6 Å². The van der Waals surface area contributed by atoms with E-state index in [0.29, 0.717) is 46.7 Å². The molecule has 1 saturated heterocycles. The van der Waals surface area contributed by atoms with Gasteiger partial charge in [-0.3, -0.25) is 19.8 Å². The number of nitrogens with zero attached hydrogens (tertiary/aromatic N) is 2. The van der Waals surface area contributed by atoms with E-state index in [-0.39, 0.29) is 23.9 Å². The lowest BCUT2D eigenvalue weighted by Crippen LogP contribution is -2.31. The normalized spacial score (nSPS) is 14.6. The van der Waals surface area contributed by atoms with Crippen LogP contribution in [0.2, 0.25) is 0 Å². The van der Waals surface area contributed by atoms with Gasteiger partial charge in [-0.2, -0.15) is 0 Å². The lowest BCUT2D eigenvalue weighted by molar-refractivity contribution is -0.384. The number of hydrogen-bond acceptors (Lipinski definition) is 6. The third kappa shape index (κ3) is 5.25. The van der Waals surface area contributed by atoms with E-state index < -0.39 is 11.0 Å². The molecule has 0 spiro atoms. The predicted molar refractivity (Wildman–Crippen MR) is 121 cm³/mol. The van der Waals surface area contributed by atoms with Crippen LogP contribution < -0.4 is 14.8 Å². The van der Waals surface area contributed by atoms with Gasteiger partial charge in [-0.25, -0.2) is 4.79 Å². The number of nitro groups is 1. The quantitative estimate of drug-likeness (QED) is 0.231. The van der Waals surface area contributed by atoms with Gasteiger partial charge < -0.3 is 14.8 Å². The van der Waals surface area contributed by atoms with Crippen molar-refractivity contribution >= 4 is 39.6 Å². The smallest absolute Gasteiger partial charge is 0.329 e. The maximum absolute atomic E-state index is 12.5. The molecule has 1 aliphatic rings. The number of nitrogens with one attached hydrogen (secondary N) is 1. The number of nitro benzene ring substituents is 1. The average molecular weight is 504 g/mol. The maximum Gasteiger partial charge on any atom is 0.329 e. The number of non-ortho nitro benzene ring substituents is 1. The maximum atomic E-state index is 12.5. The van der Waals surface area contributed by atoms with E-state index in [2.05, 4.69) is 21.2 Å². The molecule has 0 radical (unpaired) electrons. The molecule has 32 heavy (non-hydrogen) atoms. The molecule has 0 aromatic heterocycles. The molecule has 1 N–H and O–H groups in total. The highest BCUT2D eigenvalue weighted by Gasteiger charge is 2.32. The molecule has 0 bridgehead atoms. The number of ether oxygens (including phenoxy) is 2. The van der Waals surface area contributed by atoms with E-state index in [1.807, 2.05) is 13.8 Å². The second-order valence-corrected chi connectivity index (χ2v) is 7.78. The number of hydrogen-bond donors (Lipinski definition) is 1. The van der Waals surface area contributed by atoms with Crippen molar-refractivity contribution in [1.82, 2.24) is 10.2 Å². The zero-order valence-electron chi connectivity index (χ0n) is 17.6. The molecular formula is C22H22BrN3O6. The Morgan fingerprint density at radius 3 is 2.66 bits per heavy atom. The topological polar surface area (TPSA) is 111 Å². The second-order valence-electron chi connectivity index (χ2n) is 6.92. The van der Waals surface area contributed by atoms with Gasteiger partial charge in [-0.1, -0.05) is 19.1 Å². The number of amides is 3. The van der Waals surface area contributed by atoms with Crippen LogP contribution in [-0.2, 0) is 11.4 Å². The van der Waals surface area contributed by atoms with Gasteiger partial charge in [0.05, 0.1) is 16.0 Å². The fourth-order valence-corrected chi connectivity index (χ4v) is 3.73. The molecule has 0 unspecified atom stereocenters. The minimum atomic E-state index is -0.460. The van der Waals surface area contributed by atoms with Gasteiger partial charge >= 0.3 is 6.03 Å². The summed E-state index contributed by atoms with van der Waals surface area (Å²) in [6.07, 6.45) is 2.25. The first-order chi connectivity index (χ1) is 15.3. The molecule has 10 heteroatoms. The van der Waals surface area contributed by atoms with Gasteiger partial charge in [0, 0.05) is 18.7 Å². The van der Waals surface area contributed by atoms with E-state index in [1.54, 1.807) is 30.3 Å². The summed E-state index contributed by atoms with van der Waals surface area (Å²) in [5, 5.41) is 13.6. The van der Waals surface area contributed by atoms with Gasteiger partial charge in [0.25, 0.3) is 11.6 Å². The summed E-state index contributed by atoms with van der Waals surface area (Å²) < 4.78 is 12.2. The van der Waals surface area contributed by atoms with Crippen LogP contribution in [0.25, 0.3) is 6.08 Å². The second kappa shape index (κ2) is 10.3. The Morgan fingerprint density at radius 2 is 1.97 bits per heavy atom. The van der Waals surface area contributed by atoms with Gasteiger partial charge in [-0.15, -0.1) is 0 Å². The summed E-state index contributed by atoms with van der Waals surface area (Å²) in [5.41, 5.74) is 1.43. The molecule has 1 heterocycles. The number of imide groups is 1. The summed E-state index contributed by atoms with van der Waals surface area (Å²) in [6.45, 7) is 4.54. The zero-order valence-corrected chi connectivity index (χ0v) is 19.2. The van der Waals surface area contributed by atoms with Crippen LogP contribution in [0.4, 0.5) is 10.5 Å². The lowest BCUT2D eigenvalue weighted by Gasteiger charge is -2.15. The average Bonchev–Trinajstić information content (AvgIpc) is 3.01. The molecule has 9 nitrogen and oxygen atoms in total. The van der Waals surface area contributed by atoms with Crippen LogP contribution in [0.1, 0.15) is 31.4 Å². The number of carbonyl (C=O) groups excluding carboxylic acids is 2. The molecular weight excluding hydrogens is 482 g/mol. The fraction of sp³-hybridized carbons (Fsp3) is 0.273. The highest BCUT2D eigenvalue weighted by molar-refractivity contribution is 9.10. The number of rotatable bonds is 9. The number of halogens is 1. The minimum Gasteiger partial charge on any atom is -0.490 e. The molecule has 0 aliphatic carbocycles. The summed E-state index contributed by atoms with van der Waals surface area (Å²) in [7, 11) is 0. The van der Waals surface area contributed by atoms with Gasteiger partial charge in [0.1, 0.15) is 12.3 Å². The summed E-state index contributed by atoms with van der Waals surface area (Å²) in [5.74, 6) is 0.480. The van der Waals surface area contributed by atoms with Crippen LogP contribution in [0, 0.1) is 10.1 Å². The highest BCUT2D eigenvalue weighted by Crippen LogP contribution is 2.38. The Kier molecular flexibility index (Phi) is 7.47. The molecule has 168 valence electrons. The Bertz CT molecular complexity index is 1090. The zero-order chi connectivity index (χ0) is 23.3. The van der Waals surface area contributed by atoms with Crippen molar-refractivity contribution in [1.29, 1.82) is 0 Å². The van der Waals surface area contributed by atoms with Crippen molar-refractivity contribution in [3.05, 3.63) is 67.8 Å². The molecule has 1 fully saturated rings. The van der Waals surface area contributed by atoms with Crippen molar-refractivity contribution in [2.75, 3.05) is 13.2 Å². The Labute approximate surface area is 193 Å². The van der Waals surface area contributed by atoms with Crippen LogP contribution in [-0.4, -0.2) is 34.9 Å². The van der Waals surface area contributed by atoms with Crippen LogP contribution >= 0.6 is 15.9 Å². The Hall–Kier alpha value is -3.40. The summed E-state index contributed by atoms with van der Waals surface area (Å²) in [6, 6.07) is 9.19. The SMILES string of the molecule is CCCN1C(=O)N/C(=C/c2cc(Br)c(OCc3cccc([N+](=O)[O-])c3)c(OCC)c2)C1=O. The van der Waals surface area contributed by atoms with Crippen molar-refractivity contribution in [3.63, 3.8) is 0 Å². The molecule has 2 aromatic carbocycles. The Balaban J connectivity index is 1.85. The molecule has 0 atom stereocenters. The number of urea groups is 1. The summed E-state index contributed by atoms with van der Waals surface area (Å²) in [4.78, 5) is 36.2. The predicted octanol–water partition coefficient (Wildman–Crippen LogP) is 4.64. The van der Waals surface area contributed by atoms with E-state index in [9.17, 15) is 19.7 Å². The van der Waals surface area contributed by atoms with Crippen LogP contribution in [0.3, 0.4) is 0 Å². The Morgan fingerprint density at radius 1 is 1.19 bits per heavy atom. The van der Waals surface area contributed by atoms with E-state index in [0.717, 1.165) is 0 Å². The van der Waals surface area contributed by atoms with Crippen molar-refractivity contribution in [3.8, 4) is 11.5 Å². The summed E-state index contributed by atoms with van der Waals surface area (Å²) >= 11 is 3.47. The van der Waals surface area contributed by atoms with Gasteiger partial charge in [0.2, 0.25) is 0 Å². The van der Waals surface area contributed by atoms with Gasteiger partial charge in [0.15, 0.2) is 11.5 Å². The number of carbonyl (C=O) groups is 2. The standard InChI is InChI=1S/C22H22BrN3O6/c1-3-8-25-21(27)18(24-22(25)28)11-15-10-17(23)20(19(12-15)31-4-2)32-13-14-6-5-7-16(9-14)26(29)30/h5-7,9-12H,3-4,8,13H2,1-2H3,(H,24,28)/b18-11+. The highest BCUT2D eigenvalue weighted by atomic mass is 79.9. The van der Waals surface area contributed by atoms with Crippen LogP contribution in [0.5, 0.6) is 11.5 Å². The minimum absolute atomic E-state index is 0.0161. The van der Waals surface area contributed by atoms with Crippen molar-refractivity contribution in [2.24, 2.45) is 0 Å². The van der Waals surface area contributed by atoms with Crippen LogP contribution in [0.15, 0.2) is 46.6 Å². The monoisotopic (exact) mass is 503 g/mol. The molecule has 0 saturated carbocycles. The third-order valence-electron chi connectivity index (χ3n) is 4.56. The van der Waals surface area contributed by atoms with E-state index >= 15 is 0 Å². The first kappa shape index (κ1) is 23.3. The lowest BCUT2D eigenvalue weighted by atomic mass is 10.1. The first-order valence-corrected chi connectivity index (χ1v) is 10.8. The largest absolute Gasteiger partial charge is 0.490 e. The van der Waals surface area contributed by atoms with Crippen molar-refractivity contribution in [2.45, 2.75) is 26.9 Å². The third-order valence-corrected chi connectivity index (χ3v) is 5.15. The number of benzene rings is 2. The fourth-order valence-electron chi connectivity index (χ4n) is 3.15. The molecule has 1 aliphatic heterocycles. The van der Waals surface area contributed by atoms with Crippen molar-refractivity contribution < 1.29 is 24.0 Å².